The predicted molar refractivity (Wildman–Crippen MR) is 135 cm³/mol. The molecule has 3 heterocycles. The number of hydrogen-bond acceptors (Lipinski definition) is 5. The van der Waals surface area contributed by atoms with Gasteiger partial charge in [-0.25, -0.2) is 4.57 Å². The van der Waals surface area contributed by atoms with Gasteiger partial charge in [-0.3, -0.25) is 14.7 Å². The van der Waals surface area contributed by atoms with Crippen molar-refractivity contribution in [1.29, 1.82) is 0 Å². The monoisotopic (exact) mass is 455 g/mol. The fourth-order valence-corrected chi connectivity index (χ4v) is 4.82. The van der Waals surface area contributed by atoms with E-state index in [2.05, 4.69) is 4.90 Å². The Kier molecular flexibility index (Phi) is 6.58. The first-order valence-corrected chi connectivity index (χ1v) is 11.9. The van der Waals surface area contributed by atoms with Gasteiger partial charge < -0.3 is 9.52 Å². The minimum Gasteiger partial charge on any atom is -0.494 e. The summed E-state index contributed by atoms with van der Waals surface area (Å²) in [5.41, 5.74) is 0.894. The van der Waals surface area contributed by atoms with Crippen LogP contribution in [-0.2, 0) is 0 Å². The molecule has 0 unspecified atom stereocenters. The summed E-state index contributed by atoms with van der Waals surface area (Å²) < 4.78 is 7.12. The van der Waals surface area contributed by atoms with Crippen LogP contribution in [0.5, 0.6) is 5.88 Å². The highest BCUT2D eigenvalue weighted by Crippen LogP contribution is 2.28. The van der Waals surface area contributed by atoms with Crippen LogP contribution in [0.1, 0.15) is 43.0 Å². The summed E-state index contributed by atoms with van der Waals surface area (Å²) >= 11 is 0. The molecule has 174 valence electrons. The summed E-state index contributed by atoms with van der Waals surface area (Å²) in [6.45, 7) is 2.55. The van der Waals surface area contributed by atoms with Crippen molar-refractivity contribution in [2.75, 3.05) is 19.6 Å². The number of fused-ring (bicyclic) bond motifs is 1. The summed E-state index contributed by atoms with van der Waals surface area (Å²) in [6, 6.07) is 20.5. The largest absolute Gasteiger partial charge is 0.494 e. The molecule has 0 amide bonds. The van der Waals surface area contributed by atoms with Crippen molar-refractivity contribution in [1.82, 2.24) is 9.47 Å². The van der Waals surface area contributed by atoms with Gasteiger partial charge in [-0.15, -0.1) is 0 Å². The van der Waals surface area contributed by atoms with E-state index in [1.807, 2.05) is 60.7 Å². The highest BCUT2D eigenvalue weighted by molar-refractivity contribution is 6.01. The van der Waals surface area contributed by atoms with Crippen LogP contribution in [0.4, 0.5) is 0 Å². The van der Waals surface area contributed by atoms with Crippen LogP contribution in [0, 0.1) is 0 Å². The molecular weight excluding hydrogens is 426 g/mol. The normalized spacial score (nSPS) is 16.1. The highest BCUT2D eigenvalue weighted by atomic mass is 16.3. The molecule has 6 nitrogen and oxygen atoms in total. The van der Waals surface area contributed by atoms with Gasteiger partial charge >= 0.3 is 0 Å². The Hall–Kier alpha value is -3.64. The fourth-order valence-electron chi connectivity index (χ4n) is 4.82. The van der Waals surface area contributed by atoms with Crippen molar-refractivity contribution in [2.45, 2.75) is 31.7 Å². The number of rotatable bonds is 6. The Morgan fingerprint density at radius 2 is 1.62 bits per heavy atom. The van der Waals surface area contributed by atoms with Gasteiger partial charge in [0.2, 0.25) is 5.88 Å². The van der Waals surface area contributed by atoms with Crippen LogP contribution in [0.25, 0.3) is 16.5 Å². The number of nitrogens with zero attached hydrogens (tertiary/aromatic N) is 3. The lowest BCUT2D eigenvalue weighted by molar-refractivity contribution is 0.186. The maximum Gasteiger partial charge on any atom is 0.265 e. The van der Waals surface area contributed by atoms with Crippen molar-refractivity contribution in [3.05, 3.63) is 94.7 Å². The second-order valence-corrected chi connectivity index (χ2v) is 8.73. The maximum absolute atomic E-state index is 13.2. The van der Waals surface area contributed by atoms with E-state index in [4.69, 9.17) is 9.41 Å². The number of pyridine rings is 1. The summed E-state index contributed by atoms with van der Waals surface area (Å²) in [4.78, 5) is 20.4. The second kappa shape index (κ2) is 10.1. The Morgan fingerprint density at radius 1 is 0.912 bits per heavy atom. The van der Waals surface area contributed by atoms with E-state index < -0.39 is 0 Å². The number of furan rings is 1. The van der Waals surface area contributed by atoms with E-state index in [-0.39, 0.29) is 17.5 Å². The quantitative estimate of drug-likeness (QED) is 0.399. The van der Waals surface area contributed by atoms with Crippen molar-refractivity contribution >= 4 is 17.0 Å². The van der Waals surface area contributed by atoms with Gasteiger partial charge in [0.05, 0.1) is 30.1 Å². The third-order valence-corrected chi connectivity index (χ3v) is 6.57. The van der Waals surface area contributed by atoms with Crippen LogP contribution < -0.4 is 5.56 Å². The van der Waals surface area contributed by atoms with Gasteiger partial charge in [0.15, 0.2) is 0 Å². The molecule has 1 aliphatic heterocycles. The molecule has 0 saturated carbocycles. The van der Waals surface area contributed by atoms with E-state index in [0.717, 1.165) is 18.8 Å². The number of aromatic hydroxyl groups is 1. The SMILES string of the molecule is O=c1c2ccccc2c(C=NC[C@@H](c2ccco2)N2CCCCCC2)c(O)n1-c1ccccc1. The molecule has 2 aromatic carbocycles. The molecular formula is C28H29N3O3. The number of para-hydroxylation sites is 1. The number of aromatic nitrogens is 1. The molecule has 1 atom stereocenters. The van der Waals surface area contributed by atoms with E-state index in [9.17, 15) is 9.90 Å². The number of likely N-dealkylation sites (tertiary alicyclic amines) is 1. The molecule has 4 aromatic rings. The molecule has 0 aliphatic carbocycles. The van der Waals surface area contributed by atoms with E-state index in [1.54, 1.807) is 18.5 Å². The van der Waals surface area contributed by atoms with Crippen LogP contribution in [0.3, 0.4) is 0 Å². The lowest BCUT2D eigenvalue weighted by Gasteiger charge is -2.27. The molecule has 1 saturated heterocycles. The Morgan fingerprint density at radius 3 is 2.32 bits per heavy atom. The van der Waals surface area contributed by atoms with Crippen molar-refractivity contribution < 1.29 is 9.52 Å². The maximum atomic E-state index is 13.2. The average Bonchev–Trinajstić information content (AvgIpc) is 3.27. The summed E-state index contributed by atoms with van der Waals surface area (Å²) in [5.74, 6) is 0.797. The Bertz CT molecular complexity index is 1320. The zero-order valence-corrected chi connectivity index (χ0v) is 19.1. The van der Waals surface area contributed by atoms with Gasteiger partial charge in [0.25, 0.3) is 5.56 Å². The van der Waals surface area contributed by atoms with Crippen molar-refractivity contribution in [3.63, 3.8) is 0 Å². The Labute approximate surface area is 198 Å². The molecule has 6 heteroatoms. The van der Waals surface area contributed by atoms with E-state index in [1.165, 1.54) is 30.3 Å². The zero-order chi connectivity index (χ0) is 23.3. The topological polar surface area (TPSA) is 71.0 Å². The number of benzene rings is 2. The highest BCUT2D eigenvalue weighted by Gasteiger charge is 2.23. The molecule has 0 radical (unpaired) electrons. The molecule has 1 fully saturated rings. The first-order chi connectivity index (χ1) is 16.7. The lowest BCUT2D eigenvalue weighted by atomic mass is 10.1. The van der Waals surface area contributed by atoms with Gasteiger partial charge in [0.1, 0.15) is 5.76 Å². The number of aliphatic imine (C=N–C) groups is 1. The zero-order valence-electron chi connectivity index (χ0n) is 19.1. The Balaban J connectivity index is 1.54. The van der Waals surface area contributed by atoms with Crippen molar-refractivity contribution in [3.8, 4) is 11.6 Å². The minimum atomic E-state index is -0.255. The average molecular weight is 456 g/mol. The first kappa shape index (κ1) is 22.2. The summed E-state index contributed by atoms with van der Waals surface area (Å²) in [7, 11) is 0. The molecule has 1 aliphatic rings. The van der Waals surface area contributed by atoms with Crippen molar-refractivity contribution in [2.24, 2.45) is 4.99 Å². The third-order valence-electron chi connectivity index (χ3n) is 6.57. The molecule has 0 spiro atoms. The fraction of sp³-hybridized carbons (Fsp3) is 0.286. The summed E-state index contributed by atoms with van der Waals surface area (Å²) in [6.07, 6.45) is 8.27. The smallest absolute Gasteiger partial charge is 0.265 e. The van der Waals surface area contributed by atoms with Crippen LogP contribution >= 0.6 is 0 Å². The molecule has 1 N–H and O–H groups in total. The van der Waals surface area contributed by atoms with Gasteiger partial charge in [-0.1, -0.05) is 49.2 Å². The number of hydrogen-bond donors (Lipinski definition) is 1. The van der Waals surface area contributed by atoms with E-state index in [0.29, 0.717) is 28.6 Å². The van der Waals surface area contributed by atoms with Crippen LogP contribution in [0.2, 0.25) is 0 Å². The molecule has 2 aromatic heterocycles. The second-order valence-electron chi connectivity index (χ2n) is 8.73. The third kappa shape index (κ3) is 4.41. The summed E-state index contributed by atoms with van der Waals surface area (Å²) in [5, 5.41) is 12.4. The standard InChI is InChI=1S/C28H29N3O3/c32-27-23-14-7-6-13-22(23)24(28(33)31(27)21-11-4-3-5-12-21)19-29-20-25(26-15-10-18-34-26)30-16-8-1-2-9-17-30/h3-7,10-15,18-19,25,33H,1-2,8-9,16-17,20H2/t25-/m0/s1. The predicted octanol–water partition coefficient (Wildman–Crippen LogP) is 5.33. The van der Waals surface area contributed by atoms with Gasteiger partial charge in [-0.2, -0.15) is 0 Å². The molecule has 34 heavy (non-hydrogen) atoms. The molecule has 0 bridgehead atoms. The first-order valence-electron chi connectivity index (χ1n) is 11.9. The van der Waals surface area contributed by atoms with Crippen LogP contribution in [0.15, 0.2) is 87.2 Å². The van der Waals surface area contributed by atoms with E-state index >= 15 is 0 Å². The molecule has 5 rings (SSSR count). The minimum absolute atomic E-state index is 0.0396. The van der Waals surface area contributed by atoms with Crippen LogP contribution in [-0.4, -0.2) is 40.4 Å². The lowest BCUT2D eigenvalue weighted by Crippen LogP contribution is -2.31. The van der Waals surface area contributed by atoms with Gasteiger partial charge in [0, 0.05) is 17.0 Å². The van der Waals surface area contributed by atoms with Gasteiger partial charge in [-0.05, 0) is 56.3 Å².